The van der Waals surface area contributed by atoms with Crippen molar-refractivity contribution >= 4 is 28.8 Å². The van der Waals surface area contributed by atoms with Gasteiger partial charge in [0, 0.05) is 19.0 Å². The Hall–Kier alpha value is -2.49. The number of thiophene rings is 1. The van der Waals surface area contributed by atoms with Crippen molar-refractivity contribution in [2.75, 3.05) is 13.1 Å². The normalized spacial score (nSPS) is 17.8. The number of rotatable bonds is 4. The number of nitrogens with zero attached hydrogens (tertiary/aromatic N) is 2. The minimum absolute atomic E-state index is 0.0566. The van der Waals surface area contributed by atoms with Crippen molar-refractivity contribution in [1.82, 2.24) is 9.88 Å². The fourth-order valence-corrected chi connectivity index (χ4v) is 4.02. The van der Waals surface area contributed by atoms with E-state index in [0.29, 0.717) is 36.5 Å². The molecule has 0 saturated carbocycles. The molecule has 3 heterocycles. The number of aromatic amines is 1. The summed E-state index contributed by atoms with van der Waals surface area (Å²) in [5.41, 5.74) is 0. The van der Waals surface area contributed by atoms with E-state index in [1.165, 1.54) is 11.0 Å². The predicted molar refractivity (Wildman–Crippen MR) is 89.6 cm³/mol. The molecule has 1 aliphatic rings. The molecule has 144 valence electrons. The molecular formula is C17H17F3N3O3S+. The van der Waals surface area contributed by atoms with Gasteiger partial charge in [-0.1, -0.05) is 0 Å². The van der Waals surface area contributed by atoms with Crippen LogP contribution in [0.15, 0.2) is 24.5 Å². The summed E-state index contributed by atoms with van der Waals surface area (Å²) in [5, 5.41) is 0. The number of nitrogens with one attached hydrogen (secondary N) is 1. The van der Waals surface area contributed by atoms with Crippen molar-refractivity contribution in [1.29, 1.82) is 0 Å². The number of imidazole rings is 1. The van der Waals surface area contributed by atoms with Crippen molar-refractivity contribution < 1.29 is 32.1 Å². The molecule has 0 spiro atoms. The highest BCUT2D eigenvalue weighted by atomic mass is 32.1. The first-order valence-electron chi connectivity index (χ1n) is 8.26. The Kier molecular flexibility index (Phi) is 5.18. The number of Topliss-reactive ketones (excluding diaryl/α,β-unsaturated/α-hetero) is 2. The van der Waals surface area contributed by atoms with Crippen molar-refractivity contribution in [3.63, 3.8) is 0 Å². The lowest BCUT2D eigenvalue weighted by Gasteiger charge is -2.31. The Morgan fingerprint density at radius 3 is 2.59 bits per heavy atom. The number of alkyl halides is 3. The molecule has 3 rings (SSSR count). The van der Waals surface area contributed by atoms with Crippen molar-refractivity contribution in [3.05, 3.63) is 40.1 Å². The van der Waals surface area contributed by atoms with Crippen LogP contribution in [0.1, 0.15) is 42.8 Å². The summed E-state index contributed by atoms with van der Waals surface area (Å²) in [6.07, 6.45) is -0.372. The minimum Gasteiger partial charge on any atom is -0.337 e. The Morgan fingerprint density at radius 2 is 1.96 bits per heavy atom. The maximum atomic E-state index is 12.6. The van der Waals surface area contributed by atoms with E-state index in [-0.39, 0.29) is 23.1 Å². The molecular weight excluding hydrogens is 383 g/mol. The van der Waals surface area contributed by atoms with Gasteiger partial charge in [0.05, 0.1) is 16.8 Å². The summed E-state index contributed by atoms with van der Waals surface area (Å²) in [6, 6.07) is 2.24. The lowest BCUT2D eigenvalue weighted by molar-refractivity contribution is -0.672. The first-order chi connectivity index (χ1) is 12.7. The molecule has 1 amide bonds. The molecule has 0 bridgehead atoms. The number of aryl methyl sites for hydroxylation is 1. The number of piperidine rings is 1. The third kappa shape index (κ3) is 3.95. The topological polar surface area (TPSA) is 74.1 Å². The average molecular weight is 400 g/mol. The van der Waals surface area contributed by atoms with Crippen molar-refractivity contribution in [2.24, 2.45) is 13.0 Å². The van der Waals surface area contributed by atoms with E-state index in [1.807, 2.05) is 0 Å². The summed E-state index contributed by atoms with van der Waals surface area (Å²) in [7, 11) is 1.74. The van der Waals surface area contributed by atoms with Gasteiger partial charge >= 0.3 is 12.0 Å². The summed E-state index contributed by atoms with van der Waals surface area (Å²) in [4.78, 5) is 40.4. The van der Waals surface area contributed by atoms with Gasteiger partial charge in [-0.05, 0) is 25.0 Å². The number of ketones is 2. The van der Waals surface area contributed by atoms with Crippen LogP contribution in [-0.4, -0.2) is 46.6 Å². The Bertz CT molecular complexity index is 887. The summed E-state index contributed by atoms with van der Waals surface area (Å²) in [5.74, 6) is -2.49. The van der Waals surface area contributed by atoms with E-state index in [2.05, 4.69) is 4.98 Å². The zero-order valence-electron chi connectivity index (χ0n) is 14.4. The number of hydrogen-bond acceptors (Lipinski definition) is 4. The maximum absolute atomic E-state index is 12.6. The van der Waals surface area contributed by atoms with Gasteiger partial charge in [0.1, 0.15) is 12.4 Å². The van der Waals surface area contributed by atoms with E-state index < -0.39 is 22.7 Å². The molecule has 1 saturated heterocycles. The van der Waals surface area contributed by atoms with Gasteiger partial charge in [-0.2, -0.15) is 13.2 Å². The molecule has 0 aliphatic carbocycles. The van der Waals surface area contributed by atoms with Gasteiger partial charge in [0.25, 0.3) is 11.7 Å². The molecule has 2 aromatic rings. The smallest absolute Gasteiger partial charge is 0.337 e. The third-order valence-corrected chi connectivity index (χ3v) is 5.55. The number of likely N-dealkylation sites (tertiary alicyclic amines) is 1. The predicted octanol–water partition coefficient (Wildman–Crippen LogP) is 2.38. The van der Waals surface area contributed by atoms with Crippen LogP contribution < -0.4 is 4.57 Å². The second-order valence-corrected chi connectivity index (χ2v) is 7.45. The first kappa shape index (κ1) is 19.3. The molecule has 1 unspecified atom stereocenters. The van der Waals surface area contributed by atoms with Gasteiger partial charge in [-0.15, -0.1) is 11.3 Å². The molecule has 1 fully saturated rings. The number of halogens is 3. The molecule has 27 heavy (non-hydrogen) atoms. The summed E-state index contributed by atoms with van der Waals surface area (Å²) < 4.78 is 39.2. The zero-order chi connectivity index (χ0) is 19.8. The largest absolute Gasteiger partial charge is 0.455 e. The number of carbonyl (C=O) groups excluding carboxylic acids is 3. The quantitative estimate of drug-likeness (QED) is 0.633. The van der Waals surface area contributed by atoms with Crippen LogP contribution in [0.3, 0.4) is 0 Å². The fraction of sp³-hybridized carbons (Fsp3) is 0.412. The van der Waals surface area contributed by atoms with E-state index >= 15 is 0 Å². The Morgan fingerprint density at radius 1 is 1.26 bits per heavy atom. The third-order valence-electron chi connectivity index (χ3n) is 4.48. The lowest BCUT2D eigenvalue weighted by Crippen LogP contribution is -2.44. The highest BCUT2D eigenvalue weighted by Gasteiger charge is 2.41. The van der Waals surface area contributed by atoms with Crippen LogP contribution in [0.2, 0.25) is 0 Å². The average Bonchev–Trinajstić information content (AvgIpc) is 3.28. The zero-order valence-corrected chi connectivity index (χ0v) is 15.2. The first-order valence-corrected chi connectivity index (χ1v) is 9.08. The molecule has 10 heteroatoms. The van der Waals surface area contributed by atoms with Gasteiger partial charge in [0.15, 0.2) is 0 Å². The molecule has 1 aliphatic heterocycles. The molecule has 1 atom stereocenters. The highest BCUT2D eigenvalue weighted by Crippen LogP contribution is 2.28. The van der Waals surface area contributed by atoms with Crippen molar-refractivity contribution in [3.8, 4) is 0 Å². The molecule has 0 radical (unpaired) electrons. The summed E-state index contributed by atoms with van der Waals surface area (Å²) in [6.45, 7) is 0.608. The Labute approximate surface area is 156 Å². The van der Waals surface area contributed by atoms with Crippen LogP contribution in [0.4, 0.5) is 13.2 Å². The van der Waals surface area contributed by atoms with Crippen LogP contribution in [0.25, 0.3) is 0 Å². The molecule has 6 nitrogen and oxygen atoms in total. The highest BCUT2D eigenvalue weighted by molar-refractivity contribution is 7.16. The number of carbonyl (C=O) groups is 3. The van der Waals surface area contributed by atoms with Crippen LogP contribution >= 0.6 is 11.3 Å². The van der Waals surface area contributed by atoms with Crippen LogP contribution in [0, 0.1) is 5.92 Å². The maximum Gasteiger partial charge on any atom is 0.455 e. The number of H-pyrrole nitrogens is 1. The van der Waals surface area contributed by atoms with Gasteiger partial charge in [-0.25, -0.2) is 9.55 Å². The van der Waals surface area contributed by atoms with E-state index in [0.717, 1.165) is 6.07 Å². The number of hydrogen-bond donors (Lipinski definition) is 1. The second-order valence-electron chi connectivity index (χ2n) is 6.36. The SMILES string of the molecule is C[n+]1cc[nH]c1C(=O)C1CCCN(C(=O)c2ccc(C(=O)C(F)(F)F)s2)C1. The number of amides is 1. The van der Waals surface area contributed by atoms with Crippen LogP contribution in [-0.2, 0) is 7.05 Å². The molecule has 1 N–H and O–H groups in total. The molecule has 2 aromatic heterocycles. The molecule has 0 aromatic carbocycles. The van der Waals surface area contributed by atoms with Gasteiger partial charge < -0.3 is 4.90 Å². The van der Waals surface area contributed by atoms with Gasteiger partial charge in [0.2, 0.25) is 5.78 Å². The van der Waals surface area contributed by atoms with E-state index in [9.17, 15) is 27.6 Å². The fourth-order valence-electron chi connectivity index (χ4n) is 3.09. The van der Waals surface area contributed by atoms with Crippen molar-refractivity contribution in [2.45, 2.75) is 19.0 Å². The van der Waals surface area contributed by atoms with E-state index in [1.54, 1.807) is 24.0 Å². The standard InChI is InChI=1S/C17H16F3N3O3S/c1-22-8-6-21-15(22)13(24)10-3-2-7-23(9-10)16(26)12-5-4-11(27-12)14(25)17(18,19)20/h4-6,8,10H,2-3,7,9H2,1H3/p+1. The number of aromatic nitrogens is 2. The van der Waals surface area contributed by atoms with Crippen LogP contribution in [0.5, 0.6) is 0 Å². The summed E-state index contributed by atoms with van der Waals surface area (Å²) >= 11 is 0.523. The lowest BCUT2D eigenvalue weighted by atomic mass is 9.93. The monoisotopic (exact) mass is 400 g/mol. The Balaban J connectivity index is 1.72. The van der Waals surface area contributed by atoms with Gasteiger partial charge in [-0.3, -0.25) is 14.4 Å². The van der Waals surface area contributed by atoms with E-state index in [4.69, 9.17) is 0 Å². The second kappa shape index (κ2) is 7.26. The minimum atomic E-state index is -4.97.